The molecule has 1 aromatic rings. The fourth-order valence-electron chi connectivity index (χ4n) is 2.97. The van der Waals surface area contributed by atoms with Gasteiger partial charge in [-0.25, -0.2) is 4.39 Å². The van der Waals surface area contributed by atoms with E-state index >= 15 is 0 Å². The number of amides is 1. The average Bonchev–Trinajstić information content (AvgIpc) is 2.48. The second-order valence-corrected chi connectivity index (χ2v) is 5.68. The summed E-state index contributed by atoms with van der Waals surface area (Å²) in [5, 5.41) is 11.5. The Labute approximate surface area is 123 Å². The third kappa shape index (κ3) is 3.23. The van der Waals surface area contributed by atoms with Gasteiger partial charge in [-0.15, -0.1) is 0 Å². The first-order valence-electron chi connectivity index (χ1n) is 7.25. The van der Waals surface area contributed by atoms with Crippen molar-refractivity contribution in [2.24, 2.45) is 0 Å². The number of benzene rings is 1. The van der Waals surface area contributed by atoms with Crippen molar-refractivity contribution in [1.29, 1.82) is 0 Å². The molecule has 0 bridgehead atoms. The molecule has 1 aliphatic carbocycles. The molecular formula is C16H20FNO3. The average molecular weight is 293 g/mol. The highest BCUT2D eigenvalue weighted by atomic mass is 19.1. The topological polar surface area (TPSA) is 66.4 Å². The van der Waals surface area contributed by atoms with Crippen LogP contribution in [-0.4, -0.2) is 23.0 Å². The lowest BCUT2D eigenvalue weighted by Gasteiger charge is -2.37. The third-order valence-electron chi connectivity index (χ3n) is 4.26. The Morgan fingerprint density at radius 1 is 1.19 bits per heavy atom. The summed E-state index contributed by atoms with van der Waals surface area (Å²) in [4.78, 5) is 23.6. The molecule has 1 amide bonds. The van der Waals surface area contributed by atoms with Crippen molar-refractivity contribution in [1.82, 2.24) is 5.32 Å². The Hall–Kier alpha value is -1.91. The Bertz CT molecular complexity index is 521. The summed E-state index contributed by atoms with van der Waals surface area (Å²) in [6, 6.07) is 5.02. The molecule has 0 spiro atoms. The van der Waals surface area contributed by atoms with E-state index in [-0.39, 0.29) is 11.7 Å². The van der Waals surface area contributed by atoms with Gasteiger partial charge in [-0.2, -0.15) is 0 Å². The Morgan fingerprint density at radius 3 is 2.29 bits per heavy atom. The SMILES string of the molecule is CC(NC(=O)C1(c2ccc(F)cc2)CCCCC1)C(=O)O. The predicted octanol–water partition coefficient (Wildman–Crippen LogP) is 2.62. The number of aliphatic carboxylic acids is 1. The minimum Gasteiger partial charge on any atom is -0.480 e. The van der Waals surface area contributed by atoms with Crippen molar-refractivity contribution in [3.8, 4) is 0 Å². The van der Waals surface area contributed by atoms with Crippen LogP contribution in [0.5, 0.6) is 0 Å². The lowest BCUT2D eigenvalue weighted by molar-refractivity contribution is -0.142. The number of hydrogen-bond donors (Lipinski definition) is 2. The molecule has 0 saturated heterocycles. The first-order chi connectivity index (χ1) is 9.95. The van der Waals surface area contributed by atoms with Gasteiger partial charge in [0.2, 0.25) is 5.91 Å². The number of carbonyl (C=O) groups excluding carboxylic acids is 1. The van der Waals surface area contributed by atoms with Crippen LogP contribution in [0, 0.1) is 5.82 Å². The van der Waals surface area contributed by atoms with E-state index in [1.165, 1.54) is 19.1 Å². The van der Waals surface area contributed by atoms with Crippen LogP contribution < -0.4 is 5.32 Å². The van der Waals surface area contributed by atoms with Crippen molar-refractivity contribution in [2.45, 2.75) is 50.5 Å². The fraction of sp³-hybridized carbons (Fsp3) is 0.500. The molecule has 2 N–H and O–H groups in total. The zero-order chi connectivity index (χ0) is 15.5. The summed E-state index contributed by atoms with van der Waals surface area (Å²) >= 11 is 0. The lowest BCUT2D eigenvalue weighted by atomic mass is 9.68. The van der Waals surface area contributed by atoms with Crippen molar-refractivity contribution in [3.63, 3.8) is 0 Å². The standard InChI is InChI=1S/C16H20FNO3/c1-11(14(19)20)18-15(21)16(9-3-2-4-10-16)12-5-7-13(17)8-6-12/h5-8,11H,2-4,9-10H2,1H3,(H,18,21)(H,19,20). The van der Waals surface area contributed by atoms with Crippen LogP contribution >= 0.6 is 0 Å². The van der Waals surface area contributed by atoms with E-state index < -0.39 is 17.4 Å². The van der Waals surface area contributed by atoms with Crippen LogP contribution in [0.1, 0.15) is 44.6 Å². The van der Waals surface area contributed by atoms with E-state index in [0.717, 1.165) is 24.8 Å². The number of hydrogen-bond acceptors (Lipinski definition) is 2. The van der Waals surface area contributed by atoms with Gasteiger partial charge in [-0.3, -0.25) is 9.59 Å². The summed E-state index contributed by atoms with van der Waals surface area (Å²) in [6.07, 6.45) is 4.21. The van der Waals surface area contributed by atoms with Gasteiger partial charge in [-0.05, 0) is 37.5 Å². The molecule has 0 aliphatic heterocycles. The largest absolute Gasteiger partial charge is 0.480 e. The van der Waals surface area contributed by atoms with Crippen LogP contribution in [0.4, 0.5) is 4.39 Å². The molecule has 1 unspecified atom stereocenters. The van der Waals surface area contributed by atoms with Gasteiger partial charge in [0, 0.05) is 0 Å². The predicted molar refractivity (Wildman–Crippen MR) is 76.4 cm³/mol. The van der Waals surface area contributed by atoms with Gasteiger partial charge in [0.1, 0.15) is 11.9 Å². The van der Waals surface area contributed by atoms with E-state index in [4.69, 9.17) is 5.11 Å². The fourth-order valence-corrected chi connectivity index (χ4v) is 2.97. The molecule has 21 heavy (non-hydrogen) atoms. The van der Waals surface area contributed by atoms with Crippen molar-refractivity contribution >= 4 is 11.9 Å². The van der Waals surface area contributed by atoms with Crippen LogP contribution in [0.15, 0.2) is 24.3 Å². The molecule has 114 valence electrons. The zero-order valence-electron chi connectivity index (χ0n) is 12.1. The molecule has 0 aromatic heterocycles. The highest BCUT2D eigenvalue weighted by Crippen LogP contribution is 2.39. The van der Waals surface area contributed by atoms with Crippen LogP contribution in [0.3, 0.4) is 0 Å². The second kappa shape index (κ2) is 6.24. The number of nitrogens with one attached hydrogen (secondary N) is 1. The summed E-state index contributed by atoms with van der Waals surface area (Å²) in [6.45, 7) is 1.45. The maximum Gasteiger partial charge on any atom is 0.325 e. The molecule has 2 rings (SSSR count). The van der Waals surface area contributed by atoms with Crippen LogP contribution in [-0.2, 0) is 15.0 Å². The van der Waals surface area contributed by atoms with Crippen molar-refractivity contribution in [2.75, 3.05) is 0 Å². The number of carboxylic acids is 1. The molecule has 0 radical (unpaired) electrons. The second-order valence-electron chi connectivity index (χ2n) is 5.68. The number of rotatable bonds is 4. The Morgan fingerprint density at radius 2 is 1.76 bits per heavy atom. The monoisotopic (exact) mass is 293 g/mol. The Kier molecular flexibility index (Phi) is 4.60. The van der Waals surface area contributed by atoms with Crippen LogP contribution in [0.2, 0.25) is 0 Å². The molecule has 5 heteroatoms. The van der Waals surface area contributed by atoms with E-state index in [1.54, 1.807) is 12.1 Å². The number of carbonyl (C=O) groups is 2. The quantitative estimate of drug-likeness (QED) is 0.896. The molecule has 1 saturated carbocycles. The normalized spacial score (nSPS) is 18.8. The van der Waals surface area contributed by atoms with Gasteiger partial charge in [0.25, 0.3) is 0 Å². The maximum atomic E-state index is 13.1. The van der Waals surface area contributed by atoms with E-state index in [0.29, 0.717) is 12.8 Å². The number of carboxylic acid groups (broad SMARTS) is 1. The maximum absolute atomic E-state index is 13.1. The molecule has 1 aliphatic rings. The lowest BCUT2D eigenvalue weighted by Crippen LogP contribution is -2.50. The first kappa shape index (κ1) is 15.5. The summed E-state index contributed by atoms with van der Waals surface area (Å²) in [7, 11) is 0. The van der Waals surface area contributed by atoms with Crippen molar-refractivity contribution in [3.05, 3.63) is 35.6 Å². The summed E-state index contributed by atoms with van der Waals surface area (Å²) in [5.74, 6) is -1.68. The van der Waals surface area contributed by atoms with Gasteiger partial charge >= 0.3 is 5.97 Å². The molecule has 0 heterocycles. The summed E-state index contributed by atoms with van der Waals surface area (Å²) in [5.41, 5.74) is 0.0223. The van der Waals surface area contributed by atoms with Gasteiger partial charge < -0.3 is 10.4 Å². The van der Waals surface area contributed by atoms with E-state index in [9.17, 15) is 14.0 Å². The highest BCUT2D eigenvalue weighted by molar-refractivity contribution is 5.91. The van der Waals surface area contributed by atoms with Gasteiger partial charge in [-0.1, -0.05) is 31.4 Å². The Balaban J connectivity index is 2.30. The minimum atomic E-state index is -1.06. The molecule has 4 nitrogen and oxygen atoms in total. The molecule has 1 atom stereocenters. The van der Waals surface area contributed by atoms with Gasteiger partial charge in [0.15, 0.2) is 0 Å². The third-order valence-corrected chi connectivity index (χ3v) is 4.26. The minimum absolute atomic E-state index is 0.274. The summed E-state index contributed by atoms with van der Waals surface area (Å²) < 4.78 is 13.1. The van der Waals surface area contributed by atoms with E-state index in [2.05, 4.69) is 5.32 Å². The van der Waals surface area contributed by atoms with Crippen LogP contribution in [0.25, 0.3) is 0 Å². The highest BCUT2D eigenvalue weighted by Gasteiger charge is 2.41. The molecule has 1 aromatic carbocycles. The number of halogens is 1. The zero-order valence-corrected chi connectivity index (χ0v) is 12.1. The molecule has 1 fully saturated rings. The van der Waals surface area contributed by atoms with Gasteiger partial charge in [0.05, 0.1) is 5.41 Å². The van der Waals surface area contributed by atoms with Crippen molar-refractivity contribution < 1.29 is 19.1 Å². The molecular weight excluding hydrogens is 273 g/mol. The smallest absolute Gasteiger partial charge is 0.325 e. The first-order valence-corrected chi connectivity index (χ1v) is 7.25. The van der Waals surface area contributed by atoms with E-state index in [1.807, 2.05) is 0 Å².